The predicted molar refractivity (Wildman–Crippen MR) is 108 cm³/mol. The van der Waals surface area contributed by atoms with Crippen LogP contribution in [0.2, 0.25) is 0 Å². The van der Waals surface area contributed by atoms with Gasteiger partial charge in [-0.25, -0.2) is 0 Å². The van der Waals surface area contributed by atoms with E-state index in [1.807, 2.05) is 0 Å². The Morgan fingerprint density at radius 3 is 2.67 bits per heavy atom. The molecule has 1 fully saturated rings. The van der Waals surface area contributed by atoms with Gasteiger partial charge in [0.05, 0.1) is 11.1 Å². The van der Waals surface area contributed by atoms with Gasteiger partial charge in [0.15, 0.2) is 11.1 Å². The molecule has 0 spiro atoms. The van der Waals surface area contributed by atoms with Gasteiger partial charge >= 0.3 is 0 Å². The Labute approximate surface area is 158 Å². The van der Waals surface area contributed by atoms with E-state index in [2.05, 4.69) is 63.8 Å². The molecule has 27 heavy (non-hydrogen) atoms. The molecular weight excluding hydrogens is 334 g/mol. The number of rotatable bonds is 4. The summed E-state index contributed by atoms with van der Waals surface area (Å²) >= 11 is 0. The van der Waals surface area contributed by atoms with E-state index >= 15 is 0 Å². The fraction of sp³-hybridized carbons (Fsp3) is 0.304. The van der Waals surface area contributed by atoms with E-state index in [0.717, 1.165) is 36.0 Å². The van der Waals surface area contributed by atoms with Crippen molar-refractivity contribution in [3.8, 4) is 0 Å². The van der Waals surface area contributed by atoms with E-state index < -0.39 is 0 Å². The molecule has 1 saturated carbocycles. The topological polar surface area (TPSA) is 61.5 Å². The third kappa shape index (κ3) is 3.05. The molecule has 4 nitrogen and oxygen atoms in total. The Balaban J connectivity index is 1.39. The van der Waals surface area contributed by atoms with Crippen molar-refractivity contribution in [2.24, 2.45) is 0 Å². The third-order valence-electron chi connectivity index (χ3n) is 5.92. The van der Waals surface area contributed by atoms with Crippen molar-refractivity contribution >= 4 is 11.0 Å². The summed E-state index contributed by atoms with van der Waals surface area (Å²) in [4.78, 5) is 16.0. The van der Waals surface area contributed by atoms with Gasteiger partial charge in [0.25, 0.3) is 0 Å². The molecule has 4 heteroatoms. The van der Waals surface area contributed by atoms with E-state index in [1.165, 1.54) is 17.5 Å². The number of nitrogens with zero attached hydrogens (tertiary/aromatic N) is 1. The predicted octanol–water partition coefficient (Wildman–Crippen LogP) is 4.71. The molecule has 1 atom stereocenters. The van der Waals surface area contributed by atoms with Gasteiger partial charge in [-0.1, -0.05) is 55.0 Å². The summed E-state index contributed by atoms with van der Waals surface area (Å²) in [7, 11) is 0. The van der Waals surface area contributed by atoms with Crippen molar-refractivity contribution in [2.45, 2.75) is 43.9 Å². The maximum atomic E-state index is 12.7. The van der Waals surface area contributed by atoms with Gasteiger partial charge in [-0.15, -0.1) is 0 Å². The van der Waals surface area contributed by atoms with Crippen LogP contribution in [0.3, 0.4) is 0 Å². The van der Waals surface area contributed by atoms with Crippen LogP contribution in [0.5, 0.6) is 0 Å². The molecule has 0 bridgehead atoms. The summed E-state index contributed by atoms with van der Waals surface area (Å²) in [5.41, 5.74) is 5.22. The van der Waals surface area contributed by atoms with Crippen LogP contribution in [0.15, 0.2) is 59.4 Å². The Morgan fingerprint density at radius 1 is 1.11 bits per heavy atom. The molecule has 1 unspecified atom stereocenters. The summed E-state index contributed by atoms with van der Waals surface area (Å²) in [5.74, 6) is 0.937. The van der Waals surface area contributed by atoms with Crippen LogP contribution in [0.1, 0.15) is 60.0 Å². The highest BCUT2D eigenvalue weighted by molar-refractivity contribution is 5.78. The minimum absolute atomic E-state index is 0.0742. The first-order valence-electron chi connectivity index (χ1n) is 9.80. The van der Waals surface area contributed by atoms with Gasteiger partial charge < -0.3 is 4.98 Å². The Bertz CT molecular complexity index is 1080. The fourth-order valence-corrected chi connectivity index (χ4v) is 4.13. The summed E-state index contributed by atoms with van der Waals surface area (Å²) in [6.45, 7) is 0. The van der Waals surface area contributed by atoms with Gasteiger partial charge in [0.2, 0.25) is 0 Å². The molecule has 0 saturated heterocycles. The van der Waals surface area contributed by atoms with Crippen LogP contribution in [0, 0.1) is 0 Å². The fourth-order valence-electron chi connectivity index (χ4n) is 4.13. The monoisotopic (exact) mass is 357 g/mol. The van der Waals surface area contributed by atoms with Gasteiger partial charge in [-0.2, -0.15) is 5.10 Å². The quantitative estimate of drug-likeness (QED) is 0.710. The molecule has 5 rings (SSSR count). The lowest BCUT2D eigenvalue weighted by molar-refractivity contribution is 0.413. The Morgan fingerprint density at radius 2 is 1.96 bits per heavy atom. The largest absolute Gasteiger partial charge is 0.341 e. The summed E-state index contributed by atoms with van der Waals surface area (Å²) in [6, 6.07) is 10.5. The van der Waals surface area contributed by atoms with E-state index in [4.69, 9.17) is 0 Å². The zero-order valence-electron chi connectivity index (χ0n) is 15.2. The number of H-pyrrole nitrogens is 2. The number of hydrogen-bond donors (Lipinski definition) is 2. The number of pyridine rings is 1. The Kier molecular flexibility index (Phi) is 4.04. The van der Waals surface area contributed by atoms with Crippen LogP contribution in [-0.2, 0) is 6.42 Å². The van der Waals surface area contributed by atoms with Gasteiger partial charge in [0, 0.05) is 30.0 Å². The molecule has 2 aliphatic rings. The number of nitrogens with one attached hydrogen (secondary N) is 2. The van der Waals surface area contributed by atoms with Crippen LogP contribution in [0.4, 0.5) is 0 Å². The Hall–Kier alpha value is -2.88. The summed E-state index contributed by atoms with van der Waals surface area (Å²) in [5, 5.41) is 8.21. The first kappa shape index (κ1) is 16.3. The van der Waals surface area contributed by atoms with Gasteiger partial charge in [-0.3, -0.25) is 9.89 Å². The van der Waals surface area contributed by atoms with E-state index in [1.54, 1.807) is 6.07 Å². The lowest BCUT2D eigenvalue weighted by Crippen LogP contribution is -2.13. The second-order valence-corrected chi connectivity index (χ2v) is 7.72. The van der Waals surface area contributed by atoms with Crippen molar-refractivity contribution in [3.63, 3.8) is 0 Å². The maximum absolute atomic E-state index is 12.7. The first-order valence-corrected chi connectivity index (χ1v) is 9.80. The molecule has 1 aromatic carbocycles. The highest BCUT2D eigenvalue weighted by atomic mass is 16.1. The third-order valence-corrected chi connectivity index (χ3v) is 5.92. The molecule has 0 amide bonds. The number of aromatic nitrogens is 3. The molecule has 3 aromatic rings. The van der Waals surface area contributed by atoms with Crippen molar-refractivity contribution in [2.75, 3.05) is 0 Å². The van der Waals surface area contributed by atoms with Crippen LogP contribution in [-0.4, -0.2) is 15.2 Å². The maximum Gasteiger partial charge on any atom is 0.193 e. The molecular formula is C23H23N3O. The number of fused-ring (bicyclic) bond motifs is 1. The summed E-state index contributed by atoms with van der Waals surface area (Å²) in [6.07, 6.45) is 14.0. The lowest BCUT2D eigenvalue weighted by atomic mass is 9.82. The summed E-state index contributed by atoms with van der Waals surface area (Å²) < 4.78 is 0. The highest BCUT2D eigenvalue weighted by Crippen LogP contribution is 2.37. The molecule has 0 aliphatic heterocycles. The lowest BCUT2D eigenvalue weighted by Gasteiger charge is -2.23. The molecule has 0 radical (unpaired) electrons. The molecule has 136 valence electrons. The second-order valence-electron chi connectivity index (χ2n) is 7.72. The zero-order valence-corrected chi connectivity index (χ0v) is 15.2. The minimum Gasteiger partial charge on any atom is -0.341 e. The van der Waals surface area contributed by atoms with Crippen molar-refractivity contribution in [3.05, 3.63) is 87.4 Å². The van der Waals surface area contributed by atoms with Gasteiger partial charge in [-0.05, 0) is 30.4 Å². The zero-order chi connectivity index (χ0) is 18.2. The average Bonchev–Trinajstić information content (AvgIpc) is 3.06. The van der Waals surface area contributed by atoms with Gasteiger partial charge in [0.1, 0.15) is 0 Å². The molecule has 2 N–H and O–H groups in total. The van der Waals surface area contributed by atoms with E-state index in [0.29, 0.717) is 23.9 Å². The van der Waals surface area contributed by atoms with Crippen LogP contribution < -0.4 is 5.43 Å². The van der Waals surface area contributed by atoms with Crippen LogP contribution >= 0.6 is 0 Å². The second kappa shape index (κ2) is 6.69. The van der Waals surface area contributed by atoms with E-state index in [-0.39, 0.29) is 5.43 Å². The highest BCUT2D eigenvalue weighted by Gasteiger charge is 2.25. The average molecular weight is 357 g/mol. The standard InChI is InChI=1S/C23H23N3O/c27-20-14-19(24-23-21(20)22(25-26-23)18-7-4-8-18)13-15-9-11-17(12-10-15)16-5-2-1-3-6-16/h1-3,5,9-12,14,16,18H,4,6-8,13H2,(H2,24,25,26,27). The number of allylic oxidation sites excluding steroid dienone is 4. The first-order chi connectivity index (χ1) is 13.3. The molecule has 2 aliphatic carbocycles. The van der Waals surface area contributed by atoms with E-state index in [9.17, 15) is 4.79 Å². The normalized spacial score (nSPS) is 19.5. The number of hydrogen-bond acceptors (Lipinski definition) is 2. The van der Waals surface area contributed by atoms with Crippen molar-refractivity contribution in [1.29, 1.82) is 0 Å². The minimum atomic E-state index is 0.0742. The van der Waals surface area contributed by atoms with Crippen molar-refractivity contribution < 1.29 is 0 Å². The number of aromatic amines is 2. The molecule has 2 heterocycles. The number of benzene rings is 1. The SMILES string of the molecule is O=c1cc(Cc2ccc(C3C=CC=CC3)cc2)[nH]c2n[nH]c(C3CCC3)c12. The molecule has 2 aromatic heterocycles. The smallest absolute Gasteiger partial charge is 0.193 e. The van der Waals surface area contributed by atoms with Crippen LogP contribution in [0.25, 0.3) is 11.0 Å². The van der Waals surface area contributed by atoms with Crippen molar-refractivity contribution in [1.82, 2.24) is 15.2 Å².